The number of rotatable bonds is 6. The Hall–Kier alpha value is -3.16. The molecule has 0 bridgehead atoms. The number of fused-ring (bicyclic) bond motifs is 2. The molecule has 4 rings (SSSR count). The van der Waals surface area contributed by atoms with Gasteiger partial charge in [-0.15, -0.1) is 0 Å². The maximum atomic E-state index is 10.5. The maximum absolute atomic E-state index is 10.5. The third kappa shape index (κ3) is 3.18. The Balaban J connectivity index is 1.73. The van der Waals surface area contributed by atoms with Gasteiger partial charge in [-0.25, -0.2) is 4.99 Å². The number of oxime groups is 1. The lowest BCUT2D eigenvalue weighted by atomic mass is 10.0. The van der Waals surface area contributed by atoms with E-state index in [9.17, 15) is 10.2 Å². The summed E-state index contributed by atoms with van der Waals surface area (Å²) in [5, 5.41) is 33.8. The Kier molecular flexibility index (Phi) is 4.62. The summed E-state index contributed by atoms with van der Waals surface area (Å²) in [5.41, 5.74) is 3.96. The molecule has 7 nitrogen and oxygen atoms in total. The second kappa shape index (κ2) is 7.22. The van der Waals surface area contributed by atoms with E-state index in [-0.39, 0.29) is 25.5 Å². The van der Waals surface area contributed by atoms with Crippen LogP contribution in [0.4, 0.5) is 5.69 Å². The average molecular weight is 365 g/mol. The minimum absolute atomic E-state index is 0.0196. The second-order valence-corrected chi connectivity index (χ2v) is 6.27. The minimum Gasteiger partial charge on any atom is -0.494 e. The molecular weight excluding hydrogens is 346 g/mol. The predicted octanol–water partition coefficient (Wildman–Crippen LogP) is 2.47. The number of hydrogen-bond donors (Lipinski definition) is 4. The molecule has 138 valence electrons. The van der Waals surface area contributed by atoms with Crippen LogP contribution in [0.15, 0.2) is 58.7 Å². The average Bonchev–Trinajstić information content (AvgIpc) is 3.21. The quantitative estimate of drug-likeness (QED) is 0.397. The van der Waals surface area contributed by atoms with Gasteiger partial charge < -0.3 is 25.1 Å². The minimum atomic E-state index is -0.841. The third-order valence-corrected chi connectivity index (χ3v) is 4.45. The number of hydrogen-bond acceptors (Lipinski definition) is 6. The SMILES string of the molecule is OC[C@H](O)CCO/N=C1\C(c2c(O)[nH]c3ccccc23)=Nc2ccccc21. The Labute approximate surface area is 155 Å². The molecule has 2 aromatic carbocycles. The summed E-state index contributed by atoms with van der Waals surface area (Å²) in [6, 6.07) is 15.1. The van der Waals surface area contributed by atoms with Crippen LogP contribution in [-0.2, 0) is 4.84 Å². The van der Waals surface area contributed by atoms with E-state index < -0.39 is 6.10 Å². The lowest BCUT2D eigenvalue weighted by molar-refractivity contribution is 0.0507. The molecule has 0 radical (unpaired) electrons. The fourth-order valence-electron chi connectivity index (χ4n) is 3.10. The Morgan fingerprint density at radius 1 is 1.11 bits per heavy atom. The smallest absolute Gasteiger partial charge is 0.199 e. The van der Waals surface area contributed by atoms with Crippen LogP contribution in [-0.4, -0.2) is 51.0 Å². The van der Waals surface area contributed by atoms with Gasteiger partial charge in [0, 0.05) is 22.9 Å². The van der Waals surface area contributed by atoms with Gasteiger partial charge in [-0.2, -0.15) is 0 Å². The summed E-state index contributed by atoms with van der Waals surface area (Å²) in [6.07, 6.45) is -0.577. The Morgan fingerprint density at radius 2 is 1.89 bits per heavy atom. The van der Waals surface area contributed by atoms with Crippen LogP contribution in [0.3, 0.4) is 0 Å². The summed E-state index contributed by atoms with van der Waals surface area (Å²) in [7, 11) is 0. The number of aromatic hydroxyl groups is 1. The normalized spacial score (nSPS) is 15.8. The molecule has 27 heavy (non-hydrogen) atoms. The van der Waals surface area contributed by atoms with Gasteiger partial charge in [0.05, 0.1) is 24.0 Å². The Morgan fingerprint density at radius 3 is 2.74 bits per heavy atom. The predicted molar refractivity (Wildman–Crippen MR) is 103 cm³/mol. The number of aromatic nitrogens is 1. The van der Waals surface area contributed by atoms with Crippen molar-refractivity contribution < 1.29 is 20.2 Å². The van der Waals surface area contributed by atoms with E-state index >= 15 is 0 Å². The van der Waals surface area contributed by atoms with Crippen molar-refractivity contribution in [2.75, 3.05) is 13.2 Å². The topological polar surface area (TPSA) is 110 Å². The van der Waals surface area contributed by atoms with Crippen molar-refractivity contribution in [3.8, 4) is 5.88 Å². The third-order valence-electron chi connectivity index (χ3n) is 4.45. The first kappa shape index (κ1) is 17.3. The van der Waals surface area contributed by atoms with Gasteiger partial charge in [0.1, 0.15) is 18.0 Å². The largest absolute Gasteiger partial charge is 0.494 e. The number of para-hydroxylation sites is 2. The van der Waals surface area contributed by atoms with Crippen molar-refractivity contribution in [1.29, 1.82) is 0 Å². The summed E-state index contributed by atoms with van der Waals surface area (Å²) < 4.78 is 0. The molecule has 1 atom stereocenters. The van der Waals surface area contributed by atoms with Crippen molar-refractivity contribution >= 4 is 28.0 Å². The van der Waals surface area contributed by atoms with Crippen molar-refractivity contribution in [2.24, 2.45) is 10.1 Å². The molecule has 0 fully saturated rings. The molecule has 0 spiro atoms. The fraction of sp³-hybridized carbons (Fsp3) is 0.200. The van der Waals surface area contributed by atoms with Crippen molar-refractivity contribution in [3.63, 3.8) is 0 Å². The molecule has 3 aromatic rings. The van der Waals surface area contributed by atoms with Gasteiger partial charge in [-0.3, -0.25) is 0 Å². The first-order chi connectivity index (χ1) is 13.2. The van der Waals surface area contributed by atoms with E-state index in [1.165, 1.54) is 0 Å². The standard InChI is InChI=1S/C20H19N3O4/c24-11-12(25)9-10-27-23-18-14-6-2-4-8-16(14)21-19(18)17-13-5-1-3-7-15(13)22-20(17)26/h1-8,12,22,24-26H,9-11H2/b23-18-/t12-/m1/s1. The lowest BCUT2D eigenvalue weighted by Gasteiger charge is -2.07. The van der Waals surface area contributed by atoms with Crippen LogP contribution in [0, 0.1) is 0 Å². The molecule has 0 unspecified atom stereocenters. The summed E-state index contributed by atoms with van der Waals surface area (Å²) in [6.45, 7) is -0.167. The highest BCUT2D eigenvalue weighted by Gasteiger charge is 2.29. The van der Waals surface area contributed by atoms with Gasteiger partial charge >= 0.3 is 0 Å². The number of H-pyrrole nitrogens is 1. The second-order valence-electron chi connectivity index (χ2n) is 6.27. The van der Waals surface area contributed by atoms with E-state index in [1.54, 1.807) is 0 Å². The van der Waals surface area contributed by atoms with Crippen molar-refractivity contribution in [3.05, 3.63) is 59.7 Å². The molecule has 2 heterocycles. The molecule has 4 N–H and O–H groups in total. The molecule has 1 aromatic heterocycles. The zero-order valence-electron chi connectivity index (χ0n) is 14.5. The lowest BCUT2D eigenvalue weighted by Crippen LogP contribution is -2.16. The Bertz CT molecular complexity index is 1040. The van der Waals surface area contributed by atoms with Crippen LogP contribution in [0.1, 0.15) is 17.5 Å². The molecular formula is C20H19N3O4. The molecule has 7 heteroatoms. The summed E-state index contributed by atoms with van der Waals surface area (Å²) >= 11 is 0. The molecule has 1 aliphatic rings. The van der Waals surface area contributed by atoms with Crippen molar-refractivity contribution in [2.45, 2.75) is 12.5 Å². The van der Waals surface area contributed by atoms with Gasteiger partial charge in [-0.05, 0) is 12.1 Å². The first-order valence-corrected chi connectivity index (χ1v) is 8.66. The maximum Gasteiger partial charge on any atom is 0.199 e. The number of aliphatic hydroxyl groups is 2. The molecule has 0 saturated carbocycles. The van der Waals surface area contributed by atoms with Gasteiger partial charge in [-0.1, -0.05) is 41.6 Å². The summed E-state index contributed by atoms with van der Waals surface area (Å²) in [4.78, 5) is 13.0. The number of aliphatic imine (C=N–C) groups is 1. The number of nitrogens with one attached hydrogen (secondary N) is 1. The van der Waals surface area contributed by atoms with Gasteiger partial charge in [0.15, 0.2) is 5.88 Å². The molecule has 1 aliphatic heterocycles. The van der Waals surface area contributed by atoms with Gasteiger partial charge in [0.2, 0.25) is 0 Å². The number of aromatic amines is 1. The van der Waals surface area contributed by atoms with Crippen LogP contribution >= 0.6 is 0 Å². The molecule has 0 saturated heterocycles. The highest BCUT2D eigenvalue weighted by Crippen LogP contribution is 2.35. The number of benzene rings is 2. The number of aliphatic hydroxyl groups excluding tert-OH is 2. The zero-order chi connectivity index (χ0) is 18.8. The van der Waals surface area contributed by atoms with Crippen LogP contribution in [0.25, 0.3) is 10.9 Å². The highest BCUT2D eigenvalue weighted by molar-refractivity contribution is 6.58. The van der Waals surface area contributed by atoms with Crippen LogP contribution in [0.2, 0.25) is 0 Å². The number of nitrogens with zero attached hydrogens (tertiary/aromatic N) is 2. The molecule has 0 amide bonds. The summed E-state index contributed by atoms with van der Waals surface area (Å²) in [5.74, 6) is 0.0196. The van der Waals surface area contributed by atoms with E-state index in [2.05, 4.69) is 15.1 Å². The van der Waals surface area contributed by atoms with E-state index in [1.807, 2.05) is 48.5 Å². The highest BCUT2D eigenvalue weighted by atomic mass is 16.6. The zero-order valence-corrected chi connectivity index (χ0v) is 14.5. The van der Waals surface area contributed by atoms with E-state index in [0.29, 0.717) is 17.0 Å². The van der Waals surface area contributed by atoms with E-state index in [0.717, 1.165) is 22.2 Å². The molecule has 0 aliphatic carbocycles. The first-order valence-electron chi connectivity index (χ1n) is 8.66. The fourth-order valence-corrected chi connectivity index (χ4v) is 3.10. The van der Waals surface area contributed by atoms with E-state index in [4.69, 9.17) is 9.94 Å². The van der Waals surface area contributed by atoms with Gasteiger partial charge in [0.25, 0.3) is 0 Å². The monoisotopic (exact) mass is 365 g/mol. The van der Waals surface area contributed by atoms with Crippen molar-refractivity contribution in [1.82, 2.24) is 4.98 Å². The van der Waals surface area contributed by atoms with Crippen LogP contribution < -0.4 is 0 Å². The van der Waals surface area contributed by atoms with Crippen LogP contribution in [0.5, 0.6) is 5.88 Å².